The molecule has 0 aromatic heterocycles. The third kappa shape index (κ3) is 0.956. The van der Waals surface area contributed by atoms with Crippen molar-refractivity contribution < 1.29 is 4.74 Å². The van der Waals surface area contributed by atoms with Gasteiger partial charge in [-0.1, -0.05) is 6.92 Å². The molecule has 2 rings (SSSR count). The molecule has 2 heterocycles. The summed E-state index contributed by atoms with van der Waals surface area (Å²) in [6, 6.07) is 0.851. The summed E-state index contributed by atoms with van der Waals surface area (Å²) in [5, 5.41) is 0. The molecule has 0 aliphatic carbocycles. The highest BCUT2D eigenvalue weighted by Gasteiger charge is 2.34. The van der Waals surface area contributed by atoms with Gasteiger partial charge >= 0.3 is 0 Å². The van der Waals surface area contributed by atoms with E-state index in [1.165, 1.54) is 25.9 Å². The molecule has 2 saturated heterocycles. The van der Waals surface area contributed by atoms with Crippen molar-refractivity contribution in [1.82, 2.24) is 4.90 Å². The van der Waals surface area contributed by atoms with Gasteiger partial charge in [0, 0.05) is 19.2 Å². The Kier molecular flexibility index (Phi) is 1.66. The van der Waals surface area contributed by atoms with Gasteiger partial charge in [-0.15, -0.1) is 0 Å². The zero-order chi connectivity index (χ0) is 6.97. The average molecular weight is 141 g/mol. The van der Waals surface area contributed by atoms with Gasteiger partial charge in [-0.2, -0.15) is 0 Å². The molecule has 0 amide bonds. The summed E-state index contributed by atoms with van der Waals surface area (Å²) in [4.78, 5) is 2.54. The predicted molar refractivity (Wildman–Crippen MR) is 40.0 cm³/mol. The first-order chi connectivity index (χ1) is 4.90. The lowest BCUT2D eigenvalue weighted by Crippen LogP contribution is -2.29. The monoisotopic (exact) mass is 141 g/mol. The number of likely N-dealkylation sites (tertiary alicyclic amines) is 1. The van der Waals surface area contributed by atoms with Gasteiger partial charge in [0.15, 0.2) is 0 Å². The van der Waals surface area contributed by atoms with Crippen LogP contribution >= 0.6 is 0 Å². The molecule has 0 N–H and O–H groups in total. The standard InChI is InChI=1S/C8H15NO/c1-2-9-6-8-5-7(9)3-4-10-8/h7-8H,2-6H2,1H3/t7-,8+/m1/s1. The Morgan fingerprint density at radius 2 is 2.50 bits per heavy atom. The van der Waals surface area contributed by atoms with Gasteiger partial charge in [-0.3, -0.25) is 4.90 Å². The maximum absolute atomic E-state index is 5.56. The maximum atomic E-state index is 5.56. The van der Waals surface area contributed by atoms with Crippen LogP contribution in [0.1, 0.15) is 19.8 Å². The fourth-order valence-electron chi connectivity index (χ4n) is 2.12. The van der Waals surface area contributed by atoms with Crippen molar-refractivity contribution in [2.24, 2.45) is 0 Å². The van der Waals surface area contributed by atoms with Crippen molar-refractivity contribution in [3.8, 4) is 0 Å². The Balaban J connectivity index is 2.01. The van der Waals surface area contributed by atoms with Gasteiger partial charge in [0.25, 0.3) is 0 Å². The molecule has 2 aliphatic heterocycles. The van der Waals surface area contributed by atoms with Gasteiger partial charge in [-0.05, 0) is 19.4 Å². The Morgan fingerprint density at radius 1 is 1.60 bits per heavy atom. The second-order valence-electron chi connectivity index (χ2n) is 3.26. The van der Waals surface area contributed by atoms with Gasteiger partial charge < -0.3 is 4.74 Å². The van der Waals surface area contributed by atoms with E-state index in [9.17, 15) is 0 Å². The lowest BCUT2D eigenvalue weighted by Gasteiger charge is -2.22. The van der Waals surface area contributed by atoms with Crippen molar-refractivity contribution in [3.05, 3.63) is 0 Å². The molecular weight excluding hydrogens is 126 g/mol. The summed E-state index contributed by atoms with van der Waals surface area (Å²) < 4.78 is 5.56. The normalized spacial score (nSPS) is 40.5. The van der Waals surface area contributed by atoms with Crippen LogP contribution in [0.4, 0.5) is 0 Å². The van der Waals surface area contributed by atoms with Gasteiger partial charge in [0.05, 0.1) is 6.10 Å². The van der Waals surface area contributed by atoms with Crippen molar-refractivity contribution >= 4 is 0 Å². The molecule has 2 fully saturated rings. The maximum Gasteiger partial charge on any atom is 0.0717 e. The first-order valence-corrected chi connectivity index (χ1v) is 4.26. The van der Waals surface area contributed by atoms with E-state index in [4.69, 9.17) is 4.74 Å². The average Bonchev–Trinajstić information content (AvgIpc) is 2.26. The first-order valence-electron chi connectivity index (χ1n) is 4.26. The summed E-state index contributed by atoms with van der Waals surface area (Å²) in [6.45, 7) is 5.61. The molecule has 0 unspecified atom stereocenters. The second kappa shape index (κ2) is 2.51. The van der Waals surface area contributed by atoms with Crippen LogP contribution in [0.2, 0.25) is 0 Å². The first kappa shape index (κ1) is 6.62. The number of ether oxygens (including phenoxy) is 1. The van der Waals surface area contributed by atoms with E-state index in [1.54, 1.807) is 0 Å². The molecular formula is C8H15NO. The molecule has 2 bridgehead atoms. The SMILES string of the molecule is CCN1C[C@@H]2C[C@H]1CCO2. The molecule has 2 nitrogen and oxygen atoms in total. The third-order valence-corrected chi connectivity index (χ3v) is 2.70. The largest absolute Gasteiger partial charge is 0.377 e. The van der Waals surface area contributed by atoms with Crippen LogP contribution in [0, 0.1) is 0 Å². The highest BCUT2D eigenvalue weighted by atomic mass is 16.5. The van der Waals surface area contributed by atoms with Crippen LogP contribution in [0.25, 0.3) is 0 Å². The zero-order valence-electron chi connectivity index (χ0n) is 6.55. The summed E-state index contributed by atoms with van der Waals surface area (Å²) >= 11 is 0. The molecule has 0 aromatic carbocycles. The topological polar surface area (TPSA) is 12.5 Å². The third-order valence-electron chi connectivity index (χ3n) is 2.70. The number of nitrogens with zero attached hydrogens (tertiary/aromatic N) is 1. The van der Waals surface area contributed by atoms with Gasteiger partial charge in [-0.25, -0.2) is 0 Å². The smallest absolute Gasteiger partial charge is 0.0717 e. The van der Waals surface area contributed by atoms with Crippen LogP contribution in [-0.2, 0) is 4.74 Å². The highest BCUT2D eigenvalue weighted by molar-refractivity contribution is 4.88. The van der Waals surface area contributed by atoms with Gasteiger partial charge in [0.1, 0.15) is 0 Å². The zero-order valence-corrected chi connectivity index (χ0v) is 6.55. The van der Waals surface area contributed by atoms with E-state index < -0.39 is 0 Å². The van der Waals surface area contributed by atoms with Crippen LogP contribution in [0.3, 0.4) is 0 Å². The Bertz CT molecular complexity index is 126. The molecule has 0 aromatic rings. The lowest BCUT2D eigenvalue weighted by molar-refractivity contribution is 0.0419. The molecule has 2 aliphatic rings. The van der Waals surface area contributed by atoms with Crippen LogP contribution in [0.15, 0.2) is 0 Å². The van der Waals surface area contributed by atoms with E-state index in [0.29, 0.717) is 6.10 Å². The molecule has 2 atom stereocenters. The van der Waals surface area contributed by atoms with Crippen LogP contribution in [-0.4, -0.2) is 36.7 Å². The molecule has 0 saturated carbocycles. The minimum atomic E-state index is 0.568. The fraction of sp³-hybridized carbons (Fsp3) is 1.00. The summed E-state index contributed by atoms with van der Waals surface area (Å²) in [7, 11) is 0. The number of hydrogen-bond donors (Lipinski definition) is 0. The molecule has 58 valence electrons. The Hall–Kier alpha value is -0.0800. The molecule has 0 radical (unpaired) electrons. The minimum absolute atomic E-state index is 0.568. The van der Waals surface area contributed by atoms with Crippen molar-refractivity contribution in [1.29, 1.82) is 0 Å². The van der Waals surface area contributed by atoms with E-state index in [2.05, 4.69) is 11.8 Å². The predicted octanol–water partition coefficient (Wildman–Crippen LogP) is 0.870. The van der Waals surface area contributed by atoms with E-state index >= 15 is 0 Å². The Morgan fingerprint density at radius 3 is 3.20 bits per heavy atom. The van der Waals surface area contributed by atoms with E-state index in [1.807, 2.05) is 0 Å². The minimum Gasteiger partial charge on any atom is -0.377 e. The highest BCUT2D eigenvalue weighted by Crippen LogP contribution is 2.26. The number of rotatable bonds is 1. The number of likely N-dealkylation sites (N-methyl/N-ethyl adjacent to an activating group) is 1. The number of fused-ring (bicyclic) bond motifs is 2. The van der Waals surface area contributed by atoms with E-state index in [-0.39, 0.29) is 0 Å². The summed E-state index contributed by atoms with van der Waals surface area (Å²) in [6.07, 6.45) is 3.11. The van der Waals surface area contributed by atoms with Crippen molar-refractivity contribution in [2.45, 2.75) is 31.9 Å². The molecule has 0 spiro atoms. The van der Waals surface area contributed by atoms with Gasteiger partial charge in [0.2, 0.25) is 0 Å². The van der Waals surface area contributed by atoms with Crippen molar-refractivity contribution in [2.75, 3.05) is 19.7 Å². The van der Waals surface area contributed by atoms with Crippen LogP contribution < -0.4 is 0 Å². The Labute approximate surface area is 62.2 Å². The second-order valence-corrected chi connectivity index (χ2v) is 3.26. The van der Waals surface area contributed by atoms with E-state index in [0.717, 1.165) is 12.6 Å². The number of hydrogen-bond acceptors (Lipinski definition) is 2. The van der Waals surface area contributed by atoms with Crippen LogP contribution in [0.5, 0.6) is 0 Å². The lowest BCUT2D eigenvalue weighted by atomic mass is 10.1. The molecule has 10 heavy (non-hydrogen) atoms. The molecule has 2 heteroatoms. The fourth-order valence-corrected chi connectivity index (χ4v) is 2.12. The summed E-state index contributed by atoms with van der Waals surface area (Å²) in [5.41, 5.74) is 0. The van der Waals surface area contributed by atoms with Crippen molar-refractivity contribution in [3.63, 3.8) is 0 Å². The summed E-state index contributed by atoms with van der Waals surface area (Å²) in [5.74, 6) is 0. The quantitative estimate of drug-likeness (QED) is 0.537.